The van der Waals surface area contributed by atoms with Gasteiger partial charge in [0.15, 0.2) is 0 Å². The predicted molar refractivity (Wildman–Crippen MR) is 106 cm³/mol. The Bertz CT molecular complexity index is 899. The van der Waals surface area contributed by atoms with E-state index in [2.05, 4.69) is 10.6 Å². The van der Waals surface area contributed by atoms with Gasteiger partial charge in [0, 0.05) is 36.6 Å². The minimum absolute atomic E-state index is 0.0828. The molecule has 0 radical (unpaired) electrons. The number of non-ortho nitro benzene ring substituents is 1. The molecule has 1 heterocycles. The number of nitrogens with one attached hydrogen (secondary N) is 2. The van der Waals surface area contributed by atoms with Crippen molar-refractivity contribution in [2.75, 3.05) is 23.7 Å². The molecule has 2 aromatic carbocycles. The second kappa shape index (κ2) is 8.51. The third-order valence-electron chi connectivity index (χ3n) is 4.67. The van der Waals surface area contributed by atoms with Crippen molar-refractivity contribution in [2.45, 2.75) is 19.8 Å². The number of nitro groups is 1. The summed E-state index contributed by atoms with van der Waals surface area (Å²) in [5.41, 5.74) is 2.06. The SMILES string of the molecule is Cc1cccc(NC(=O)N2CCCC(C(=O)Nc3cccc([N+](=O)[O-])c3)C2)c1. The van der Waals surface area contributed by atoms with Crippen LogP contribution in [-0.2, 0) is 4.79 Å². The lowest BCUT2D eigenvalue weighted by molar-refractivity contribution is -0.384. The number of anilines is 2. The quantitative estimate of drug-likeness (QED) is 0.620. The average Bonchev–Trinajstić information content (AvgIpc) is 2.68. The standard InChI is InChI=1S/C20H22N4O4/c1-14-5-2-7-16(11-14)22-20(26)23-10-4-6-15(13-23)19(25)21-17-8-3-9-18(12-17)24(27)28/h2-3,5,7-9,11-12,15H,4,6,10,13H2,1H3,(H,21,25)(H,22,26). The summed E-state index contributed by atoms with van der Waals surface area (Å²) in [7, 11) is 0. The minimum atomic E-state index is -0.506. The van der Waals surface area contributed by atoms with E-state index in [1.165, 1.54) is 18.2 Å². The van der Waals surface area contributed by atoms with Gasteiger partial charge >= 0.3 is 6.03 Å². The maximum Gasteiger partial charge on any atom is 0.321 e. The van der Waals surface area contributed by atoms with Crippen molar-refractivity contribution < 1.29 is 14.5 Å². The number of piperidine rings is 1. The molecule has 1 unspecified atom stereocenters. The zero-order valence-electron chi connectivity index (χ0n) is 15.6. The summed E-state index contributed by atoms with van der Waals surface area (Å²) >= 11 is 0. The summed E-state index contributed by atoms with van der Waals surface area (Å²) in [4.78, 5) is 37.1. The number of aryl methyl sites for hydroxylation is 1. The van der Waals surface area contributed by atoms with Crippen LogP contribution in [0.1, 0.15) is 18.4 Å². The van der Waals surface area contributed by atoms with E-state index in [0.717, 1.165) is 5.56 Å². The molecule has 0 aromatic heterocycles. The summed E-state index contributed by atoms with van der Waals surface area (Å²) in [5, 5.41) is 16.5. The van der Waals surface area contributed by atoms with E-state index in [-0.39, 0.29) is 23.5 Å². The summed E-state index contributed by atoms with van der Waals surface area (Å²) in [6, 6.07) is 13.1. The number of amides is 3. The smallest absolute Gasteiger partial charge is 0.321 e. The van der Waals surface area contributed by atoms with Gasteiger partial charge in [0.1, 0.15) is 0 Å². The van der Waals surface area contributed by atoms with Gasteiger partial charge in [0.25, 0.3) is 5.69 Å². The fourth-order valence-corrected chi connectivity index (χ4v) is 3.24. The molecule has 1 fully saturated rings. The summed E-state index contributed by atoms with van der Waals surface area (Å²) < 4.78 is 0. The topological polar surface area (TPSA) is 105 Å². The zero-order chi connectivity index (χ0) is 20.1. The largest absolute Gasteiger partial charge is 0.326 e. The highest BCUT2D eigenvalue weighted by atomic mass is 16.6. The molecular weight excluding hydrogens is 360 g/mol. The van der Waals surface area contributed by atoms with Crippen LogP contribution in [0.3, 0.4) is 0 Å². The van der Waals surface area contributed by atoms with Crippen LogP contribution in [0.2, 0.25) is 0 Å². The molecule has 1 atom stereocenters. The van der Waals surface area contributed by atoms with Gasteiger partial charge in [-0.1, -0.05) is 18.2 Å². The number of benzene rings is 2. The van der Waals surface area contributed by atoms with Gasteiger partial charge in [-0.25, -0.2) is 4.79 Å². The first-order chi connectivity index (χ1) is 13.4. The Balaban J connectivity index is 1.60. The molecule has 2 aromatic rings. The second-order valence-corrected chi connectivity index (χ2v) is 6.88. The number of urea groups is 1. The maximum atomic E-state index is 12.6. The predicted octanol–water partition coefficient (Wildman–Crippen LogP) is 3.79. The van der Waals surface area contributed by atoms with Crippen molar-refractivity contribution in [2.24, 2.45) is 5.92 Å². The Labute approximate surface area is 162 Å². The molecule has 0 bridgehead atoms. The van der Waals surface area contributed by atoms with Crippen LogP contribution in [0, 0.1) is 23.0 Å². The number of rotatable bonds is 4. The van der Waals surface area contributed by atoms with Crippen LogP contribution < -0.4 is 10.6 Å². The number of hydrogen-bond acceptors (Lipinski definition) is 4. The van der Waals surface area contributed by atoms with Gasteiger partial charge in [-0.3, -0.25) is 14.9 Å². The Hall–Kier alpha value is -3.42. The van der Waals surface area contributed by atoms with Gasteiger partial charge in [-0.2, -0.15) is 0 Å². The average molecular weight is 382 g/mol. The lowest BCUT2D eigenvalue weighted by atomic mass is 9.97. The van der Waals surface area contributed by atoms with E-state index in [9.17, 15) is 19.7 Å². The van der Waals surface area contributed by atoms with E-state index in [1.54, 1.807) is 11.0 Å². The molecule has 0 aliphatic carbocycles. The molecule has 8 nitrogen and oxygen atoms in total. The number of carbonyl (C=O) groups is 2. The van der Waals surface area contributed by atoms with Crippen LogP contribution in [-0.4, -0.2) is 34.9 Å². The zero-order valence-corrected chi connectivity index (χ0v) is 15.6. The van der Waals surface area contributed by atoms with Crippen LogP contribution in [0.4, 0.5) is 21.9 Å². The molecule has 8 heteroatoms. The molecule has 146 valence electrons. The summed E-state index contributed by atoms with van der Waals surface area (Å²) in [6.07, 6.45) is 1.38. The monoisotopic (exact) mass is 382 g/mol. The maximum absolute atomic E-state index is 12.6. The molecule has 28 heavy (non-hydrogen) atoms. The highest BCUT2D eigenvalue weighted by molar-refractivity contribution is 5.94. The molecule has 3 rings (SSSR count). The van der Waals surface area contributed by atoms with Gasteiger partial charge in [0.2, 0.25) is 5.91 Å². The molecule has 0 saturated carbocycles. The second-order valence-electron chi connectivity index (χ2n) is 6.88. The van der Waals surface area contributed by atoms with Gasteiger partial charge in [0.05, 0.1) is 10.8 Å². The first-order valence-corrected chi connectivity index (χ1v) is 9.10. The van der Waals surface area contributed by atoms with Gasteiger partial charge in [-0.05, 0) is 43.5 Å². The van der Waals surface area contributed by atoms with E-state index >= 15 is 0 Å². The lowest BCUT2D eigenvalue weighted by Crippen LogP contribution is -2.45. The van der Waals surface area contributed by atoms with E-state index in [4.69, 9.17) is 0 Å². The molecule has 0 spiro atoms. The van der Waals surface area contributed by atoms with Crippen molar-refractivity contribution in [3.63, 3.8) is 0 Å². The Kier molecular flexibility index (Phi) is 5.88. The van der Waals surface area contributed by atoms with Crippen molar-refractivity contribution >= 4 is 29.0 Å². The Morgan fingerprint density at radius 1 is 1.11 bits per heavy atom. The minimum Gasteiger partial charge on any atom is -0.326 e. The fourth-order valence-electron chi connectivity index (χ4n) is 3.24. The lowest BCUT2D eigenvalue weighted by Gasteiger charge is -2.32. The number of likely N-dealkylation sites (tertiary alicyclic amines) is 1. The van der Waals surface area contributed by atoms with E-state index in [0.29, 0.717) is 37.3 Å². The number of hydrogen-bond donors (Lipinski definition) is 2. The van der Waals surface area contributed by atoms with E-state index < -0.39 is 4.92 Å². The molecule has 1 aliphatic rings. The first-order valence-electron chi connectivity index (χ1n) is 9.10. The van der Waals surface area contributed by atoms with Crippen molar-refractivity contribution in [3.05, 3.63) is 64.2 Å². The molecule has 2 N–H and O–H groups in total. The third kappa shape index (κ3) is 4.85. The van der Waals surface area contributed by atoms with Crippen LogP contribution in [0.15, 0.2) is 48.5 Å². The van der Waals surface area contributed by atoms with Crippen LogP contribution in [0.5, 0.6) is 0 Å². The highest BCUT2D eigenvalue weighted by Gasteiger charge is 2.28. The summed E-state index contributed by atoms with van der Waals surface area (Å²) in [5.74, 6) is -0.607. The molecule has 1 saturated heterocycles. The highest BCUT2D eigenvalue weighted by Crippen LogP contribution is 2.22. The van der Waals surface area contributed by atoms with Gasteiger partial charge in [-0.15, -0.1) is 0 Å². The van der Waals surface area contributed by atoms with Crippen LogP contribution in [0.25, 0.3) is 0 Å². The van der Waals surface area contributed by atoms with Gasteiger partial charge < -0.3 is 15.5 Å². The number of nitro benzene ring substituents is 1. The Morgan fingerprint density at radius 2 is 1.82 bits per heavy atom. The van der Waals surface area contributed by atoms with E-state index in [1.807, 2.05) is 31.2 Å². The third-order valence-corrected chi connectivity index (χ3v) is 4.67. The number of nitrogens with zero attached hydrogens (tertiary/aromatic N) is 2. The summed E-state index contributed by atoms with van der Waals surface area (Å²) in [6.45, 7) is 2.83. The number of carbonyl (C=O) groups excluding carboxylic acids is 2. The van der Waals surface area contributed by atoms with Crippen LogP contribution >= 0.6 is 0 Å². The normalized spacial score (nSPS) is 16.3. The molecular formula is C20H22N4O4. The first kappa shape index (κ1) is 19.3. The Morgan fingerprint density at radius 3 is 2.54 bits per heavy atom. The molecule has 1 aliphatic heterocycles. The molecule has 3 amide bonds. The van der Waals surface area contributed by atoms with Crippen molar-refractivity contribution in [1.82, 2.24) is 4.90 Å². The fraction of sp³-hybridized carbons (Fsp3) is 0.300. The van der Waals surface area contributed by atoms with Crippen molar-refractivity contribution in [3.8, 4) is 0 Å². The van der Waals surface area contributed by atoms with Crippen molar-refractivity contribution in [1.29, 1.82) is 0 Å².